The van der Waals surface area contributed by atoms with Crippen LogP contribution in [0.25, 0.3) is 259 Å². The molecule has 1 aliphatic carbocycles. The average Bonchev–Trinajstić information content (AvgIpc) is 1.51. The van der Waals surface area contributed by atoms with Crippen molar-refractivity contribution in [3.63, 3.8) is 0 Å². The summed E-state index contributed by atoms with van der Waals surface area (Å²) in [4.78, 5) is 30.7. The molecule has 28 aromatic rings. The molecular formula is C117H71N9O4S. The number of aromatic nitrogens is 9. The zero-order chi connectivity index (χ0) is 86.3. The molecule has 0 spiro atoms. The van der Waals surface area contributed by atoms with E-state index in [-0.39, 0.29) is 5.41 Å². The zero-order valence-electron chi connectivity index (χ0n) is 70.6. The smallest absolute Gasteiger partial charge is 0.236 e. The fourth-order valence-electron chi connectivity index (χ4n) is 20.6. The van der Waals surface area contributed by atoms with Gasteiger partial charge < -0.3 is 26.8 Å². The third kappa shape index (κ3) is 11.4. The Hall–Kier alpha value is -17.2. The molecule has 0 saturated heterocycles. The van der Waals surface area contributed by atoms with Crippen molar-refractivity contribution in [2.75, 3.05) is 0 Å². The van der Waals surface area contributed by atoms with Gasteiger partial charge in [0.25, 0.3) is 0 Å². The van der Waals surface area contributed by atoms with Crippen molar-refractivity contribution in [1.82, 2.24) is 43.6 Å². The van der Waals surface area contributed by atoms with Crippen LogP contribution >= 0.6 is 11.3 Å². The number of furan rings is 4. The number of benzene rings is 17. The lowest BCUT2D eigenvalue weighted by Gasteiger charge is -2.22. The van der Waals surface area contributed by atoms with Gasteiger partial charge in [-0.15, -0.1) is 11.3 Å². The highest BCUT2D eigenvalue weighted by atomic mass is 32.1. The van der Waals surface area contributed by atoms with Gasteiger partial charge in [-0.25, -0.2) is 29.9 Å². The second kappa shape index (κ2) is 28.9. The number of para-hydroxylation sites is 7. The Balaban J connectivity index is 0.000000101. The number of hydrogen-bond donors (Lipinski definition) is 0. The van der Waals surface area contributed by atoms with E-state index in [1.165, 1.54) is 75.0 Å². The summed E-state index contributed by atoms with van der Waals surface area (Å²) in [6, 6.07) is 137. The van der Waals surface area contributed by atoms with Crippen molar-refractivity contribution in [2.45, 2.75) is 19.3 Å². The standard InChI is InChI=1S/C40H23N3O2.C40H23N3OS.C37H25N3O/c1-2-10-24(11-3-1)36-39-37(30-14-6-9-17-34(30)45-39)42-40(41-36)25-18-20-26(21-19-25)43-31-15-7-4-13-29(31)35-32(43)23-22-28-27-12-5-8-16-33(27)44-38(28)35;1-2-10-24(11-3-1)36-38-37(30-14-5-8-16-33(30)44-38)42-40(41-36)25-18-20-26(21-19-25)43-31-15-7-4-13-29(31)35-32(43)23-22-28-27-12-6-9-17-34(27)45-39(28)35;1-37(2)27-17-9-6-14-23(27)24-20-21-29-31(32(24)37)25-15-7-10-18-28(25)40(29)36-38-33(22-12-4-3-5-13-22)35-34(39-36)26-16-8-11-19-30(26)41-35/h2*1-23H;3-21H,1-2H3. The average molecular weight is 1700 g/mol. The molecule has 0 fully saturated rings. The van der Waals surface area contributed by atoms with Gasteiger partial charge in [0.05, 0.1) is 38.5 Å². The molecule has 29 rings (SSSR count). The van der Waals surface area contributed by atoms with Gasteiger partial charge in [-0.1, -0.05) is 269 Å². The van der Waals surface area contributed by atoms with Gasteiger partial charge in [0, 0.05) is 119 Å². The van der Waals surface area contributed by atoms with Gasteiger partial charge in [0.2, 0.25) is 5.95 Å². The molecule has 14 heteroatoms. The van der Waals surface area contributed by atoms with E-state index in [0.717, 1.165) is 161 Å². The van der Waals surface area contributed by atoms with E-state index in [0.29, 0.717) is 34.3 Å². The fraction of sp³-hybridized carbons (Fsp3) is 0.0256. The molecule has 11 heterocycles. The molecule has 0 atom stereocenters. The van der Waals surface area contributed by atoms with Gasteiger partial charge in [0.1, 0.15) is 61.5 Å². The van der Waals surface area contributed by atoms with E-state index >= 15 is 0 Å². The summed E-state index contributed by atoms with van der Waals surface area (Å²) in [5, 5.41) is 15.2. The minimum absolute atomic E-state index is 0.138. The Morgan fingerprint density at radius 2 is 0.626 bits per heavy atom. The maximum atomic E-state index is 6.47. The van der Waals surface area contributed by atoms with Crippen LogP contribution in [0.1, 0.15) is 25.0 Å². The van der Waals surface area contributed by atoms with Crippen molar-refractivity contribution in [1.29, 1.82) is 0 Å². The molecule has 1 aliphatic rings. The van der Waals surface area contributed by atoms with Crippen molar-refractivity contribution >= 4 is 185 Å². The van der Waals surface area contributed by atoms with Crippen LogP contribution in [0.15, 0.2) is 412 Å². The van der Waals surface area contributed by atoms with E-state index in [4.69, 9.17) is 47.6 Å². The van der Waals surface area contributed by atoms with E-state index in [1.807, 2.05) is 133 Å². The highest BCUT2D eigenvalue weighted by Crippen LogP contribution is 2.54. The van der Waals surface area contributed by atoms with Crippen LogP contribution in [0.3, 0.4) is 0 Å². The van der Waals surface area contributed by atoms with E-state index in [1.54, 1.807) is 0 Å². The van der Waals surface area contributed by atoms with Crippen molar-refractivity contribution in [3.8, 4) is 85.0 Å². The number of fused-ring (bicyclic) bond motifs is 30. The minimum Gasteiger partial charge on any atom is -0.455 e. The number of thiophene rings is 1. The predicted octanol–water partition coefficient (Wildman–Crippen LogP) is 31.3. The summed E-state index contributed by atoms with van der Waals surface area (Å²) >= 11 is 1.88. The number of nitrogens with zero attached hydrogens (tertiary/aromatic N) is 9. The molecular weight excluding hydrogens is 1630 g/mol. The van der Waals surface area contributed by atoms with E-state index in [9.17, 15) is 0 Å². The number of hydrogen-bond acceptors (Lipinski definition) is 11. The predicted molar refractivity (Wildman–Crippen MR) is 536 cm³/mol. The summed E-state index contributed by atoms with van der Waals surface area (Å²) in [5.74, 6) is 1.97. The molecule has 0 N–H and O–H groups in total. The van der Waals surface area contributed by atoms with E-state index in [2.05, 4.69) is 301 Å². The Labute approximate surface area is 750 Å². The first-order valence-electron chi connectivity index (χ1n) is 44.0. The molecule has 13 nitrogen and oxygen atoms in total. The van der Waals surface area contributed by atoms with Crippen LogP contribution in [-0.2, 0) is 5.41 Å². The first kappa shape index (κ1) is 74.1. The molecule has 0 bridgehead atoms. The van der Waals surface area contributed by atoms with Crippen molar-refractivity contribution in [3.05, 3.63) is 405 Å². The van der Waals surface area contributed by atoms with Crippen LogP contribution in [0.4, 0.5) is 0 Å². The quantitative estimate of drug-likeness (QED) is 0.144. The molecule has 131 heavy (non-hydrogen) atoms. The first-order valence-corrected chi connectivity index (χ1v) is 44.9. The summed E-state index contributed by atoms with van der Waals surface area (Å²) in [7, 11) is 0. The lowest BCUT2D eigenvalue weighted by Crippen LogP contribution is -2.15. The maximum Gasteiger partial charge on any atom is 0.236 e. The SMILES string of the molecule is CC1(C)c2ccccc2-c2ccc3c(c21)c1ccccc1n3-c1nc(-c2ccccc2)c2oc3ccccc3c2n1.c1ccc(-c2nc(-c3ccc(-n4c5ccccc5c5c6oc7ccccc7c6ccc54)cc3)nc3c2oc2ccccc23)cc1.c1ccc(-c2nc(-c3ccc(-n4c5ccccc5c5c6sc7ccccc7c6ccc54)cc3)nc3c2oc2ccccc23)cc1. The molecule has 0 amide bonds. The second-order valence-electron chi connectivity index (χ2n) is 34.2. The van der Waals surface area contributed by atoms with Crippen LogP contribution in [0.5, 0.6) is 0 Å². The number of rotatable bonds is 8. The van der Waals surface area contributed by atoms with Crippen LogP contribution < -0.4 is 0 Å². The summed E-state index contributed by atoms with van der Waals surface area (Å²) in [5.41, 5.74) is 30.3. The lowest BCUT2D eigenvalue weighted by molar-refractivity contribution is 0.666. The molecule has 0 radical (unpaired) electrons. The van der Waals surface area contributed by atoms with E-state index < -0.39 is 0 Å². The van der Waals surface area contributed by atoms with Gasteiger partial charge >= 0.3 is 0 Å². The Kier molecular flexibility index (Phi) is 16.4. The minimum atomic E-state index is -0.138. The largest absolute Gasteiger partial charge is 0.455 e. The first-order chi connectivity index (χ1) is 64.7. The monoisotopic (exact) mass is 1700 g/mol. The van der Waals surface area contributed by atoms with Crippen molar-refractivity contribution in [2.24, 2.45) is 0 Å². The maximum absolute atomic E-state index is 6.47. The highest BCUT2D eigenvalue weighted by Gasteiger charge is 2.39. The Morgan fingerprint density at radius 3 is 1.16 bits per heavy atom. The molecule has 11 aromatic heterocycles. The van der Waals surface area contributed by atoms with Gasteiger partial charge in [-0.05, 0) is 162 Å². The molecule has 614 valence electrons. The lowest BCUT2D eigenvalue weighted by atomic mass is 9.80. The highest BCUT2D eigenvalue weighted by molar-refractivity contribution is 7.26. The topological polar surface area (TPSA) is 145 Å². The zero-order valence-corrected chi connectivity index (χ0v) is 71.4. The molecule has 0 saturated carbocycles. The molecule has 0 unspecified atom stereocenters. The third-order valence-corrected chi connectivity index (χ3v) is 27.7. The summed E-state index contributed by atoms with van der Waals surface area (Å²) in [6.45, 7) is 4.69. The normalized spacial score (nSPS) is 12.6. The van der Waals surface area contributed by atoms with Gasteiger partial charge in [0.15, 0.2) is 28.4 Å². The molecule has 0 aliphatic heterocycles. The molecule has 17 aromatic carbocycles. The van der Waals surface area contributed by atoms with Crippen LogP contribution in [0, 0.1) is 0 Å². The summed E-state index contributed by atoms with van der Waals surface area (Å²) in [6.07, 6.45) is 0. The Bertz CT molecular complexity index is 9210. The second-order valence-corrected chi connectivity index (χ2v) is 35.2. The van der Waals surface area contributed by atoms with Crippen LogP contribution in [-0.4, -0.2) is 43.6 Å². The fourth-order valence-corrected chi connectivity index (χ4v) is 21.8. The van der Waals surface area contributed by atoms with Crippen LogP contribution in [0.2, 0.25) is 0 Å². The Morgan fingerprint density at radius 1 is 0.244 bits per heavy atom. The van der Waals surface area contributed by atoms with Gasteiger partial charge in [-0.2, -0.15) is 0 Å². The van der Waals surface area contributed by atoms with Gasteiger partial charge in [-0.3, -0.25) is 4.57 Å². The van der Waals surface area contributed by atoms with Crippen molar-refractivity contribution < 1.29 is 17.7 Å². The summed E-state index contributed by atoms with van der Waals surface area (Å²) < 4.78 is 35.0. The third-order valence-electron chi connectivity index (χ3n) is 26.5.